The Morgan fingerprint density at radius 1 is 1.25 bits per heavy atom. The fraction of sp³-hybridized carbons (Fsp3) is 0.417. The quantitative estimate of drug-likeness (QED) is 0.577. The SMILES string of the molecule is COC(=O)c1ccc(S(=O)(=O)NCC(F)(F)CN)cc1C(F)(F)F. The molecule has 0 aliphatic heterocycles. The number of ether oxygens (including phenoxy) is 1. The van der Waals surface area contributed by atoms with Gasteiger partial charge in [0, 0.05) is 0 Å². The number of halogens is 5. The summed E-state index contributed by atoms with van der Waals surface area (Å²) in [5.41, 5.74) is 2.27. The van der Waals surface area contributed by atoms with Gasteiger partial charge in [-0.1, -0.05) is 0 Å². The first kappa shape index (κ1) is 20.3. The highest BCUT2D eigenvalue weighted by Gasteiger charge is 2.37. The third kappa shape index (κ3) is 4.85. The number of methoxy groups -OCH3 is 1. The van der Waals surface area contributed by atoms with Gasteiger partial charge in [0.2, 0.25) is 10.0 Å². The predicted octanol–water partition coefficient (Wildman–Crippen LogP) is 1.36. The van der Waals surface area contributed by atoms with Gasteiger partial charge in [-0.15, -0.1) is 0 Å². The van der Waals surface area contributed by atoms with Gasteiger partial charge in [0.15, 0.2) is 0 Å². The molecule has 0 aliphatic carbocycles. The lowest BCUT2D eigenvalue weighted by Crippen LogP contribution is -2.41. The monoisotopic (exact) mass is 376 g/mol. The number of hydrogen-bond acceptors (Lipinski definition) is 5. The molecule has 0 atom stereocenters. The van der Waals surface area contributed by atoms with Crippen LogP contribution in [-0.4, -0.2) is 40.5 Å². The normalized spacial score (nSPS) is 13.0. The highest BCUT2D eigenvalue weighted by Crippen LogP contribution is 2.34. The summed E-state index contributed by atoms with van der Waals surface area (Å²) >= 11 is 0. The van der Waals surface area contributed by atoms with Crippen molar-refractivity contribution in [2.24, 2.45) is 5.73 Å². The van der Waals surface area contributed by atoms with Crippen LogP contribution in [0.4, 0.5) is 22.0 Å². The van der Waals surface area contributed by atoms with Gasteiger partial charge in [-0.2, -0.15) is 13.2 Å². The van der Waals surface area contributed by atoms with E-state index in [1.54, 1.807) is 0 Å². The van der Waals surface area contributed by atoms with Gasteiger partial charge in [0.05, 0.1) is 36.2 Å². The summed E-state index contributed by atoms with van der Waals surface area (Å²) in [5.74, 6) is -4.89. The van der Waals surface area contributed by atoms with E-state index in [1.165, 1.54) is 4.72 Å². The molecule has 0 saturated heterocycles. The lowest BCUT2D eigenvalue weighted by atomic mass is 10.1. The van der Waals surface area contributed by atoms with Gasteiger partial charge in [-0.25, -0.2) is 26.7 Å². The van der Waals surface area contributed by atoms with Crippen LogP contribution >= 0.6 is 0 Å². The molecule has 6 nitrogen and oxygen atoms in total. The summed E-state index contributed by atoms with van der Waals surface area (Å²) in [5, 5.41) is 0. The number of rotatable bonds is 6. The van der Waals surface area contributed by atoms with Crippen LogP contribution in [0.3, 0.4) is 0 Å². The van der Waals surface area contributed by atoms with E-state index in [-0.39, 0.29) is 6.07 Å². The maximum absolute atomic E-state index is 13.0. The van der Waals surface area contributed by atoms with Crippen molar-refractivity contribution in [3.63, 3.8) is 0 Å². The molecular formula is C12H13F5N2O4S. The van der Waals surface area contributed by atoms with Crippen molar-refractivity contribution >= 4 is 16.0 Å². The third-order valence-corrected chi connectivity index (χ3v) is 4.23. The van der Waals surface area contributed by atoms with Crippen molar-refractivity contribution in [3.05, 3.63) is 29.3 Å². The molecule has 0 spiro atoms. The van der Waals surface area contributed by atoms with Gasteiger partial charge in [0.1, 0.15) is 0 Å². The van der Waals surface area contributed by atoms with Gasteiger partial charge in [-0.3, -0.25) is 0 Å². The predicted molar refractivity (Wildman–Crippen MR) is 72.0 cm³/mol. The second kappa shape index (κ2) is 6.99. The zero-order valence-electron chi connectivity index (χ0n) is 12.2. The van der Waals surface area contributed by atoms with Crippen molar-refractivity contribution in [2.45, 2.75) is 17.0 Å². The van der Waals surface area contributed by atoms with E-state index in [4.69, 9.17) is 5.73 Å². The van der Waals surface area contributed by atoms with Gasteiger partial charge >= 0.3 is 12.1 Å². The second-order valence-electron chi connectivity index (χ2n) is 4.58. The molecule has 0 unspecified atom stereocenters. The summed E-state index contributed by atoms with van der Waals surface area (Å²) < 4.78 is 94.3. The minimum absolute atomic E-state index is 0.162. The zero-order valence-corrected chi connectivity index (χ0v) is 13.0. The Kier molecular flexibility index (Phi) is 5.90. The Balaban J connectivity index is 3.29. The van der Waals surface area contributed by atoms with Crippen LogP contribution in [0.15, 0.2) is 23.1 Å². The van der Waals surface area contributed by atoms with Crippen molar-refractivity contribution in [2.75, 3.05) is 20.2 Å². The highest BCUT2D eigenvalue weighted by molar-refractivity contribution is 7.89. The number of nitrogens with two attached hydrogens (primary N) is 1. The molecule has 1 rings (SSSR count). The van der Waals surface area contributed by atoms with Crippen LogP contribution in [0.25, 0.3) is 0 Å². The maximum Gasteiger partial charge on any atom is 0.417 e. The molecule has 0 aliphatic rings. The summed E-state index contributed by atoms with van der Waals surface area (Å²) in [4.78, 5) is 10.4. The highest BCUT2D eigenvalue weighted by atomic mass is 32.2. The lowest BCUT2D eigenvalue weighted by Gasteiger charge is -2.16. The fourth-order valence-corrected chi connectivity index (χ4v) is 2.66. The van der Waals surface area contributed by atoms with E-state index < -0.39 is 57.2 Å². The van der Waals surface area contributed by atoms with Crippen molar-refractivity contribution in [1.82, 2.24) is 4.72 Å². The van der Waals surface area contributed by atoms with E-state index in [1.807, 2.05) is 0 Å². The molecule has 1 aromatic carbocycles. The van der Waals surface area contributed by atoms with E-state index in [0.717, 1.165) is 7.11 Å². The van der Waals surface area contributed by atoms with Crippen LogP contribution in [-0.2, 0) is 20.9 Å². The summed E-state index contributed by atoms with van der Waals surface area (Å²) in [6.07, 6.45) is -5.06. The van der Waals surface area contributed by atoms with Gasteiger partial charge in [0.25, 0.3) is 5.92 Å². The molecule has 0 aromatic heterocycles. The molecule has 3 N–H and O–H groups in total. The first-order valence-electron chi connectivity index (χ1n) is 6.21. The third-order valence-electron chi connectivity index (χ3n) is 2.83. The Morgan fingerprint density at radius 3 is 2.29 bits per heavy atom. The molecule has 0 fully saturated rings. The van der Waals surface area contributed by atoms with Crippen LogP contribution < -0.4 is 10.5 Å². The van der Waals surface area contributed by atoms with E-state index >= 15 is 0 Å². The lowest BCUT2D eigenvalue weighted by molar-refractivity contribution is -0.138. The zero-order chi connectivity index (χ0) is 18.8. The average molecular weight is 376 g/mol. The average Bonchev–Trinajstić information content (AvgIpc) is 2.51. The van der Waals surface area contributed by atoms with Gasteiger partial charge in [-0.05, 0) is 18.2 Å². The van der Waals surface area contributed by atoms with Gasteiger partial charge < -0.3 is 10.5 Å². The first-order valence-corrected chi connectivity index (χ1v) is 7.69. The summed E-state index contributed by atoms with van der Waals surface area (Å²) in [6, 6.07) is 1.42. The summed E-state index contributed by atoms with van der Waals surface area (Å²) in [6.45, 7) is -2.53. The number of carbonyl (C=O) groups excluding carboxylic acids is 1. The Hall–Kier alpha value is -1.79. The summed E-state index contributed by atoms with van der Waals surface area (Å²) in [7, 11) is -3.82. The minimum Gasteiger partial charge on any atom is -0.465 e. The Morgan fingerprint density at radius 2 is 1.83 bits per heavy atom. The second-order valence-corrected chi connectivity index (χ2v) is 6.35. The molecular weight excluding hydrogens is 363 g/mol. The van der Waals surface area contributed by atoms with Crippen LogP contribution in [0.1, 0.15) is 15.9 Å². The Labute approximate surface area is 133 Å². The standard InChI is InChI=1S/C12H13F5N2O4S/c1-23-10(20)8-3-2-7(4-9(8)12(15,16)17)24(21,22)19-6-11(13,14)5-18/h2-4,19H,5-6,18H2,1H3. The number of esters is 1. The number of benzene rings is 1. The molecule has 0 radical (unpaired) electrons. The van der Waals surface area contributed by atoms with Crippen molar-refractivity contribution in [1.29, 1.82) is 0 Å². The van der Waals surface area contributed by atoms with E-state index in [0.29, 0.717) is 12.1 Å². The number of hydrogen-bond donors (Lipinski definition) is 2. The molecule has 0 heterocycles. The molecule has 136 valence electrons. The molecule has 24 heavy (non-hydrogen) atoms. The number of alkyl halides is 5. The van der Waals surface area contributed by atoms with Crippen molar-refractivity contribution in [3.8, 4) is 0 Å². The fourth-order valence-electron chi connectivity index (χ4n) is 1.57. The smallest absolute Gasteiger partial charge is 0.417 e. The number of carbonyl (C=O) groups is 1. The van der Waals surface area contributed by atoms with Crippen LogP contribution in [0.5, 0.6) is 0 Å². The van der Waals surface area contributed by atoms with Crippen molar-refractivity contribution < 1.29 is 39.9 Å². The number of sulfonamides is 1. The molecule has 1 aromatic rings. The number of nitrogens with one attached hydrogen (secondary N) is 1. The Bertz CT molecular complexity index is 719. The van der Waals surface area contributed by atoms with E-state index in [9.17, 15) is 35.2 Å². The topological polar surface area (TPSA) is 98.5 Å². The van der Waals surface area contributed by atoms with Crippen LogP contribution in [0.2, 0.25) is 0 Å². The molecule has 0 saturated carbocycles. The van der Waals surface area contributed by atoms with E-state index in [2.05, 4.69) is 4.74 Å². The molecule has 0 bridgehead atoms. The molecule has 12 heteroatoms. The maximum atomic E-state index is 13.0. The molecule has 0 amide bonds. The largest absolute Gasteiger partial charge is 0.465 e. The van der Waals surface area contributed by atoms with Crippen LogP contribution in [0, 0.1) is 0 Å². The first-order chi connectivity index (χ1) is 10.8. The minimum atomic E-state index is -5.06.